The van der Waals surface area contributed by atoms with Crippen LogP contribution in [0, 0.1) is 11.3 Å². The van der Waals surface area contributed by atoms with Crippen molar-refractivity contribution in [3.8, 4) is 6.07 Å². The van der Waals surface area contributed by atoms with Crippen LogP contribution in [0.25, 0.3) is 0 Å². The first kappa shape index (κ1) is 9.94. The van der Waals surface area contributed by atoms with Crippen LogP contribution in [0.3, 0.4) is 0 Å². The lowest BCUT2D eigenvalue weighted by atomic mass is 10.3. The maximum absolute atomic E-state index is 8.83. The minimum atomic E-state index is 0.628. The number of hydrogen-bond donors (Lipinski definition) is 0. The molecule has 3 nitrogen and oxygen atoms in total. The molecule has 0 saturated heterocycles. The molecule has 2 aromatic rings. The Balaban J connectivity index is 2.23. The second-order valence-electron chi connectivity index (χ2n) is 3.10. The van der Waals surface area contributed by atoms with E-state index in [0.29, 0.717) is 12.2 Å². The molecular weight excluding hydrogens is 254 g/mol. The third-order valence-electron chi connectivity index (χ3n) is 2.07. The zero-order valence-electron chi connectivity index (χ0n) is 7.89. The van der Waals surface area contributed by atoms with Crippen LogP contribution in [-0.2, 0) is 6.54 Å². The summed E-state index contributed by atoms with van der Waals surface area (Å²) in [5.41, 5.74) is 1.59. The summed E-state index contributed by atoms with van der Waals surface area (Å²) in [4.78, 5) is 4.25. The smallest absolute Gasteiger partial charge is 0.120 e. The van der Waals surface area contributed by atoms with E-state index in [0.717, 1.165) is 10.2 Å². The SMILES string of the molecule is N#Cc1cccn1Cc1ccc(Br)cn1. The summed E-state index contributed by atoms with van der Waals surface area (Å²) in [6.45, 7) is 0.628. The Kier molecular flexibility index (Phi) is 2.84. The van der Waals surface area contributed by atoms with Crippen LogP contribution in [0.5, 0.6) is 0 Å². The van der Waals surface area contributed by atoms with E-state index in [2.05, 4.69) is 27.0 Å². The molecule has 74 valence electrons. The molecule has 0 bridgehead atoms. The quantitative estimate of drug-likeness (QED) is 0.834. The summed E-state index contributed by atoms with van der Waals surface area (Å²) < 4.78 is 2.83. The van der Waals surface area contributed by atoms with Crippen molar-refractivity contribution >= 4 is 15.9 Å². The van der Waals surface area contributed by atoms with Crippen LogP contribution in [0.1, 0.15) is 11.4 Å². The highest BCUT2D eigenvalue weighted by Gasteiger charge is 2.01. The van der Waals surface area contributed by atoms with Gasteiger partial charge in [0.15, 0.2) is 0 Å². The Morgan fingerprint density at radius 1 is 1.40 bits per heavy atom. The van der Waals surface area contributed by atoms with Crippen LogP contribution in [0.15, 0.2) is 41.1 Å². The molecule has 0 spiro atoms. The molecule has 2 aromatic heterocycles. The van der Waals surface area contributed by atoms with Gasteiger partial charge in [-0.1, -0.05) is 0 Å². The molecule has 4 heteroatoms. The number of pyridine rings is 1. The first-order chi connectivity index (χ1) is 7.29. The molecule has 2 heterocycles. The van der Waals surface area contributed by atoms with Crippen molar-refractivity contribution in [3.05, 3.63) is 52.5 Å². The number of hydrogen-bond acceptors (Lipinski definition) is 2. The van der Waals surface area contributed by atoms with Gasteiger partial charge in [0.2, 0.25) is 0 Å². The van der Waals surface area contributed by atoms with Crippen LogP contribution in [-0.4, -0.2) is 9.55 Å². The van der Waals surface area contributed by atoms with Crippen LogP contribution >= 0.6 is 15.9 Å². The highest BCUT2D eigenvalue weighted by Crippen LogP contribution is 2.09. The van der Waals surface area contributed by atoms with Gasteiger partial charge in [-0.15, -0.1) is 0 Å². The largest absolute Gasteiger partial charge is 0.333 e. The lowest BCUT2D eigenvalue weighted by Gasteiger charge is -2.03. The molecule has 0 unspecified atom stereocenters. The molecular formula is C11H8BrN3. The first-order valence-corrected chi connectivity index (χ1v) is 5.24. The number of rotatable bonds is 2. The van der Waals surface area contributed by atoms with Gasteiger partial charge in [0, 0.05) is 16.9 Å². The van der Waals surface area contributed by atoms with E-state index in [1.54, 1.807) is 12.3 Å². The van der Waals surface area contributed by atoms with E-state index >= 15 is 0 Å². The Hall–Kier alpha value is -1.60. The number of aromatic nitrogens is 2. The molecule has 0 radical (unpaired) electrons. The Bertz CT molecular complexity index is 493. The monoisotopic (exact) mass is 261 g/mol. The zero-order valence-corrected chi connectivity index (χ0v) is 9.48. The molecule has 0 atom stereocenters. The van der Waals surface area contributed by atoms with Crippen molar-refractivity contribution in [1.29, 1.82) is 5.26 Å². The molecule has 15 heavy (non-hydrogen) atoms. The highest BCUT2D eigenvalue weighted by atomic mass is 79.9. The summed E-state index contributed by atoms with van der Waals surface area (Å²) in [6.07, 6.45) is 3.63. The van der Waals surface area contributed by atoms with Crippen LogP contribution < -0.4 is 0 Å². The fourth-order valence-corrected chi connectivity index (χ4v) is 1.56. The molecule has 0 fully saturated rings. The molecule has 2 rings (SSSR count). The van der Waals surface area contributed by atoms with E-state index in [-0.39, 0.29) is 0 Å². The highest BCUT2D eigenvalue weighted by molar-refractivity contribution is 9.10. The fraction of sp³-hybridized carbons (Fsp3) is 0.0909. The topological polar surface area (TPSA) is 41.6 Å². The Morgan fingerprint density at radius 3 is 2.93 bits per heavy atom. The van der Waals surface area contributed by atoms with Crippen LogP contribution in [0.4, 0.5) is 0 Å². The average Bonchev–Trinajstić information content (AvgIpc) is 2.69. The van der Waals surface area contributed by atoms with Gasteiger partial charge in [-0.3, -0.25) is 4.98 Å². The predicted octanol–water partition coefficient (Wildman–Crippen LogP) is 2.57. The van der Waals surface area contributed by atoms with Gasteiger partial charge < -0.3 is 4.57 Å². The molecule has 0 aliphatic rings. The molecule has 0 N–H and O–H groups in total. The molecule has 0 aliphatic carbocycles. The number of nitriles is 1. The fourth-order valence-electron chi connectivity index (χ4n) is 1.33. The van der Waals surface area contributed by atoms with Crippen molar-refractivity contribution < 1.29 is 0 Å². The standard InChI is InChI=1S/C11H8BrN3/c12-9-3-4-10(14-7-9)8-15-5-1-2-11(15)6-13/h1-5,7H,8H2. The van der Waals surface area contributed by atoms with E-state index in [1.807, 2.05) is 29.0 Å². The van der Waals surface area contributed by atoms with E-state index in [9.17, 15) is 0 Å². The summed E-state index contributed by atoms with van der Waals surface area (Å²) in [5.74, 6) is 0. The van der Waals surface area contributed by atoms with Crippen molar-refractivity contribution in [2.24, 2.45) is 0 Å². The summed E-state index contributed by atoms with van der Waals surface area (Å²) >= 11 is 3.33. The summed E-state index contributed by atoms with van der Waals surface area (Å²) in [6, 6.07) is 9.66. The Morgan fingerprint density at radius 2 is 2.27 bits per heavy atom. The molecule has 0 aromatic carbocycles. The first-order valence-electron chi connectivity index (χ1n) is 4.45. The van der Waals surface area contributed by atoms with Gasteiger partial charge >= 0.3 is 0 Å². The lowest BCUT2D eigenvalue weighted by molar-refractivity contribution is 0.769. The maximum Gasteiger partial charge on any atom is 0.120 e. The Labute approximate surface area is 96.1 Å². The number of nitrogens with zero attached hydrogens (tertiary/aromatic N) is 3. The van der Waals surface area contributed by atoms with Gasteiger partial charge in [0.25, 0.3) is 0 Å². The number of halogens is 1. The predicted molar refractivity (Wildman–Crippen MR) is 60.2 cm³/mol. The maximum atomic E-state index is 8.83. The minimum Gasteiger partial charge on any atom is -0.333 e. The summed E-state index contributed by atoms with van der Waals surface area (Å²) in [7, 11) is 0. The van der Waals surface area contributed by atoms with Gasteiger partial charge in [0.05, 0.1) is 12.2 Å². The molecule has 0 aliphatic heterocycles. The third kappa shape index (κ3) is 2.25. The normalized spacial score (nSPS) is 9.87. The van der Waals surface area contributed by atoms with E-state index in [1.165, 1.54) is 0 Å². The van der Waals surface area contributed by atoms with Crippen molar-refractivity contribution in [3.63, 3.8) is 0 Å². The van der Waals surface area contributed by atoms with E-state index < -0.39 is 0 Å². The average molecular weight is 262 g/mol. The second kappa shape index (κ2) is 4.28. The molecule has 0 amide bonds. The van der Waals surface area contributed by atoms with Crippen molar-refractivity contribution in [2.75, 3.05) is 0 Å². The summed E-state index contributed by atoms with van der Waals surface area (Å²) in [5, 5.41) is 8.83. The van der Waals surface area contributed by atoms with Crippen molar-refractivity contribution in [1.82, 2.24) is 9.55 Å². The van der Waals surface area contributed by atoms with Crippen LogP contribution in [0.2, 0.25) is 0 Å². The van der Waals surface area contributed by atoms with E-state index in [4.69, 9.17) is 5.26 Å². The zero-order chi connectivity index (χ0) is 10.7. The van der Waals surface area contributed by atoms with Gasteiger partial charge in [0.1, 0.15) is 11.8 Å². The van der Waals surface area contributed by atoms with Crippen molar-refractivity contribution in [2.45, 2.75) is 6.54 Å². The minimum absolute atomic E-state index is 0.628. The van der Waals surface area contributed by atoms with Gasteiger partial charge in [-0.05, 0) is 40.2 Å². The second-order valence-corrected chi connectivity index (χ2v) is 4.02. The molecule has 0 saturated carbocycles. The van der Waals surface area contributed by atoms with Gasteiger partial charge in [-0.25, -0.2) is 0 Å². The lowest BCUT2D eigenvalue weighted by Crippen LogP contribution is -2.02. The van der Waals surface area contributed by atoms with Gasteiger partial charge in [-0.2, -0.15) is 5.26 Å². The third-order valence-corrected chi connectivity index (χ3v) is 2.53.